The number of amides is 1. The van der Waals surface area contributed by atoms with Gasteiger partial charge in [0.2, 0.25) is 0 Å². The van der Waals surface area contributed by atoms with Crippen LogP contribution in [0.25, 0.3) is 0 Å². The SMILES string of the molecule is CNc1cc(N(C)C(=O)O)ncc1[N+](=O)[O-]. The molecule has 0 bridgehead atoms. The van der Waals surface area contributed by atoms with E-state index >= 15 is 0 Å². The van der Waals surface area contributed by atoms with Crippen LogP contribution < -0.4 is 10.2 Å². The number of nitrogens with zero attached hydrogens (tertiary/aromatic N) is 3. The first kappa shape index (κ1) is 11.7. The maximum atomic E-state index is 10.6. The molecule has 16 heavy (non-hydrogen) atoms. The van der Waals surface area contributed by atoms with E-state index in [-0.39, 0.29) is 17.2 Å². The van der Waals surface area contributed by atoms with Gasteiger partial charge in [0.1, 0.15) is 17.7 Å². The van der Waals surface area contributed by atoms with Gasteiger partial charge < -0.3 is 10.4 Å². The normalized spacial score (nSPS) is 9.62. The van der Waals surface area contributed by atoms with Crippen LogP contribution >= 0.6 is 0 Å². The fraction of sp³-hybridized carbons (Fsp3) is 0.250. The summed E-state index contributed by atoms with van der Waals surface area (Å²) in [6.07, 6.45) is -0.177. The minimum Gasteiger partial charge on any atom is -0.465 e. The number of nitrogens with one attached hydrogen (secondary N) is 1. The van der Waals surface area contributed by atoms with Crippen molar-refractivity contribution in [3.05, 3.63) is 22.4 Å². The van der Waals surface area contributed by atoms with Gasteiger partial charge in [-0.2, -0.15) is 0 Å². The summed E-state index contributed by atoms with van der Waals surface area (Å²) >= 11 is 0. The molecule has 8 nitrogen and oxygen atoms in total. The number of carboxylic acid groups (broad SMARTS) is 1. The maximum Gasteiger partial charge on any atom is 0.412 e. The first-order chi connectivity index (χ1) is 7.47. The number of hydrogen-bond donors (Lipinski definition) is 2. The van der Waals surface area contributed by atoms with E-state index in [1.165, 1.54) is 20.2 Å². The summed E-state index contributed by atoms with van der Waals surface area (Å²) in [7, 11) is 2.81. The third-order valence-electron chi connectivity index (χ3n) is 1.97. The van der Waals surface area contributed by atoms with E-state index in [0.29, 0.717) is 0 Å². The lowest BCUT2D eigenvalue weighted by molar-refractivity contribution is -0.384. The first-order valence-electron chi connectivity index (χ1n) is 4.26. The van der Waals surface area contributed by atoms with E-state index in [0.717, 1.165) is 11.1 Å². The van der Waals surface area contributed by atoms with Gasteiger partial charge in [-0.15, -0.1) is 0 Å². The molecular formula is C8H10N4O4. The van der Waals surface area contributed by atoms with Crippen molar-refractivity contribution < 1.29 is 14.8 Å². The van der Waals surface area contributed by atoms with Gasteiger partial charge in [0.05, 0.1) is 4.92 Å². The van der Waals surface area contributed by atoms with Gasteiger partial charge in [-0.1, -0.05) is 0 Å². The molecule has 0 saturated heterocycles. The van der Waals surface area contributed by atoms with Crippen LogP contribution in [0.5, 0.6) is 0 Å². The molecular weight excluding hydrogens is 216 g/mol. The quantitative estimate of drug-likeness (QED) is 0.591. The monoisotopic (exact) mass is 226 g/mol. The van der Waals surface area contributed by atoms with Crippen molar-refractivity contribution in [2.24, 2.45) is 0 Å². The number of carbonyl (C=O) groups is 1. The average molecular weight is 226 g/mol. The average Bonchev–Trinajstić information content (AvgIpc) is 2.26. The van der Waals surface area contributed by atoms with Crippen LogP contribution in [0.4, 0.5) is 22.0 Å². The lowest BCUT2D eigenvalue weighted by Crippen LogP contribution is -2.24. The lowest BCUT2D eigenvalue weighted by Gasteiger charge is -2.12. The Bertz CT molecular complexity index is 434. The van der Waals surface area contributed by atoms with Crippen molar-refractivity contribution in [2.75, 3.05) is 24.3 Å². The fourth-order valence-electron chi connectivity index (χ4n) is 1.06. The largest absolute Gasteiger partial charge is 0.465 e. The predicted molar refractivity (Wildman–Crippen MR) is 56.9 cm³/mol. The van der Waals surface area contributed by atoms with Crippen LogP contribution in [0.2, 0.25) is 0 Å². The van der Waals surface area contributed by atoms with Crippen molar-refractivity contribution in [3.8, 4) is 0 Å². The Labute approximate surface area is 90.7 Å². The Morgan fingerprint density at radius 3 is 2.75 bits per heavy atom. The molecule has 0 spiro atoms. The summed E-state index contributed by atoms with van der Waals surface area (Å²) in [6.45, 7) is 0. The van der Waals surface area contributed by atoms with Gasteiger partial charge in [-0.25, -0.2) is 9.78 Å². The van der Waals surface area contributed by atoms with Crippen molar-refractivity contribution in [1.82, 2.24) is 4.98 Å². The Hall–Kier alpha value is -2.38. The summed E-state index contributed by atoms with van der Waals surface area (Å²) in [5.74, 6) is 0.113. The number of rotatable bonds is 3. The fourth-order valence-corrected chi connectivity index (χ4v) is 1.06. The Kier molecular flexibility index (Phi) is 3.24. The first-order valence-corrected chi connectivity index (χ1v) is 4.26. The van der Waals surface area contributed by atoms with Gasteiger partial charge in [0, 0.05) is 20.2 Å². The van der Waals surface area contributed by atoms with Crippen LogP contribution in [0.15, 0.2) is 12.3 Å². The highest BCUT2D eigenvalue weighted by Gasteiger charge is 2.17. The number of nitro groups is 1. The minimum atomic E-state index is -1.19. The summed E-state index contributed by atoms with van der Waals surface area (Å²) in [4.78, 5) is 25.2. The summed E-state index contributed by atoms with van der Waals surface area (Å²) < 4.78 is 0. The highest BCUT2D eigenvalue weighted by molar-refractivity contribution is 5.85. The molecule has 1 amide bonds. The molecule has 0 atom stereocenters. The summed E-state index contributed by atoms with van der Waals surface area (Å²) in [6, 6.07) is 1.30. The van der Waals surface area contributed by atoms with Crippen molar-refractivity contribution in [3.63, 3.8) is 0 Å². The van der Waals surface area contributed by atoms with E-state index in [9.17, 15) is 14.9 Å². The smallest absolute Gasteiger partial charge is 0.412 e. The Morgan fingerprint density at radius 1 is 1.69 bits per heavy atom. The zero-order chi connectivity index (χ0) is 12.3. The standard InChI is InChI=1S/C8H10N4O4/c1-9-5-3-7(11(2)8(13)14)10-4-6(5)12(15)16/h3-4H,1-2H3,(H,9,10)(H,13,14). The molecule has 1 aromatic rings. The molecule has 86 valence electrons. The van der Waals surface area contributed by atoms with Crippen molar-refractivity contribution >= 4 is 23.3 Å². The molecule has 0 fully saturated rings. The molecule has 0 saturated carbocycles. The Morgan fingerprint density at radius 2 is 2.31 bits per heavy atom. The van der Waals surface area contributed by atoms with Gasteiger partial charge >= 0.3 is 11.8 Å². The molecule has 0 aromatic carbocycles. The number of anilines is 2. The lowest BCUT2D eigenvalue weighted by atomic mass is 10.3. The van der Waals surface area contributed by atoms with Crippen LogP contribution in [0, 0.1) is 10.1 Å². The van der Waals surface area contributed by atoms with E-state index in [2.05, 4.69) is 10.3 Å². The second kappa shape index (κ2) is 4.43. The topological polar surface area (TPSA) is 109 Å². The summed E-state index contributed by atoms with van der Waals surface area (Å²) in [5.41, 5.74) is 0.00754. The zero-order valence-corrected chi connectivity index (χ0v) is 8.67. The summed E-state index contributed by atoms with van der Waals surface area (Å²) in [5, 5.41) is 21.9. The zero-order valence-electron chi connectivity index (χ0n) is 8.67. The molecule has 1 aromatic heterocycles. The molecule has 0 radical (unpaired) electrons. The molecule has 0 aliphatic carbocycles. The van der Waals surface area contributed by atoms with E-state index in [4.69, 9.17) is 5.11 Å². The number of aromatic nitrogens is 1. The van der Waals surface area contributed by atoms with Crippen LogP contribution in [-0.2, 0) is 0 Å². The molecule has 0 unspecified atom stereocenters. The van der Waals surface area contributed by atoms with Crippen molar-refractivity contribution in [2.45, 2.75) is 0 Å². The van der Waals surface area contributed by atoms with Crippen LogP contribution in [0.3, 0.4) is 0 Å². The second-order valence-corrected chi connectivity index (χ2v) is 2.91. The maximum absolute atomic E-state index is 10.6. The Balaban J connectivity index is 3.18. The number of pyridine rings is 1. The van der Waals surface area contributed by atoms with Gasteiger partial charge in [-0.3, -0.25) is 15.0 Å². The van der Waals surface area contributed by atoms with Crippen LogP contribution in [0.1, 0.15) is 0 Å². The molecule has 1 heterocycles. The minimum absolute atomic E-state index is 0.113. The van der Waals surface area contributed by atoms with E-state index in [1.54, 1.807) is 0 Å². The third kappa shape index (κ3) is 2.16. The van der Waals surface area contributed by atoms with E-state index < -0.39 is 11.0 Å². The molecule has 1 rings (SSSR count). The van der Waals surface area contributed by atoms with E-state index in [1.807, 2.05) is 0 Å². The van der Waals surface area contributed by atoms with Gasteiger partial charge in [-0.05, 0) is 0 Å². The molecule has 0 aliphatic heterocycles. The van der Waals surface area contributed by atoms with Crippen molar-refractivity contribution in [1.29, 1.82) is 0 Å². The predicted octanol–water partition coefficient (Wildman–Crippen LogP) is 1.15. The van der Waals surface area contributed by atoms with Gasteiger partial charge in [0.25, 0.3) is 0 Å². The molecule has 8 heteroatoms. The highest BCUT2D eigenvalue weighted by Crippen LogP contribution is 2.26. The second-order valence-electron chi connectivity index (χ2n) is 2.91. The van der Waals surface area contributed by atoms with Gasteiger partial charge in [0.15, 0.2) is 0 Å². The number of hydrogen-bond acceptors (Lipinski definition) is 5. The molecule has 0 aliphatic rings. The molecule has 2 N–H and O–H groups in total. The third-order valence-corrected chi connectivity index (χ3v) is 1.97. The highest BCUT2D eigenvalue weighted by atomic mass is 16.6. The van der Waals surface area contributed by atoms with Crippen LogP contribution in [-0.4, -0.2) is 35.2 Å².